The molecule has 2 aromatic rings. The number of rotatable bonds is 5. The van der Waals surface area contributed by atoms with Crippen LogP contribution in [-0.4, -0.2) is 19.9 Å². The van der Waals surface area contributed by atoms with Crippen LogP contribution in [-0.2, 0) is 6.54 Å². The maximum absolute atomic E-state index is 11.6. The molecule has 0 saturated heterocycles. The zero-order valence-electron chi connectivity index (χ0n) is 11.3. The van der Waals surface area contributed by atoms with Gasteiger partial charge >= 0.3 is 5.69 Å². The van der Waals surface area contributed by atoms with E-state index in [4.69, 9.17) is 0 Å². The Kier molecular flexibility index (Phi) is 5.06. The first-order chi connectivity index (χ1) is 9.52. The number of H-pyrrole nitrogens is 1. The second-order valence-electron chi connectivity index (χ2n) is 4.43. The van der Waals surface area contributed by atoms with Crippen molar-refractivity contribution in [1.29, 1.82) is 0 Å². The maximum atomic E-state index is 11.6. The van der Waals surface area contributed by atoms with Crippen LogP contribution in [0.5, 0.6) is 0 Å². The van der Waals surface area contributed by atoms with Crippen LogP contribution in [0.15, 0.2) is 37.5 Å². The fraction of sp³-hybridized carbons (Fsp3) is 0.385. The van der Waals surface area contributed by atoms with Crippen LogP contribution < -0.4 is 5.69 Å². The number of benzene rings is 1. The molecule has 1 heterocycles. The molecule has 5 nitrogen and oxygen atoms in total. The lowest BCUT2D eigenvalue weighted by Gasteiger charge is -2.09. The summed E-state index contributed by atoms with van der Waals surface area (Å²) in [5, 5.41) is 16.7. The molecule has 108 valence electrons. The van der Waals surface area contributed by atoms with E-state index in [0.717, 1.165) is 21.4 Å². The molecule has 2 N–H and O–H groups in total. The highest BCUT2D eigenvalue weighted by Gasteiger charge is 2.12. The van der Waals surface area contributed by atoms with Gasteiger partial charge in [0.05, 0.1) is 6.10 Å². The fourth-order valence-corrected chi connectivity index (χ4v) is 3.26. The first kappa shape index (κ1) is 15.3. The Balaban J connectivity index is 2.28. The molecule has 1 aromatic heterocycles. The van der Waals surface area contributed by atoms with Gasteiger partial charge < -0.3 is 5.11 Å². The number of aliphatic hydroxyl groups is 1. The molecule has 0 unspecified atom stereocenters. The van der Waals surface area contributed by atoms with Crippen molar-refractivity contribution in [2.75, 3.05) is 0 Å². The van der Waals surface area contributed by atoms with E-state index in [1.165, 1.54) is 11.8 Å². The van der Waals surface area contributed by atoms with Crippen molar-refractivity contribution in [3.05, 3.63) is 38.7 Å². The third kappa shape index (κ3) is 3.34. The summed E-state index contributed by atoms with van der Waals surface area (Å²) in [7, 11) is 0. The highest BCUT2D eigenvalue weighted by atomic mass is 79.9. The standard InChI is InChI=1S/C13H16BrN3O2S/c1-3-6-17-12(19)15-16-13(17)20-11-5-4-9(8(2)18)7-10(11)14/h4-5,7-8,18H,3,6H2,1-2H3,(H,15,19)/t8-/m1/s1. The maximum Gasteiger partial charge on any atom is 0.343 e. The second kappa shape index (κ2) is 6.60. The third-order valence-electron chi connectivity index (χ3n) is 2.81. The molecule has 0 spiro atoms. The van der Waals surface area contributed by atoms with Crippen molar-refractivity contribution in [3.63, 3.8) is 0 Å². The Hall–Kier alpha value is -1.05. The largest absolute Gasteiger partial charge is 0.389 e. The summed E-state index contributed by atoms with van der Waals surface area (Å²) in [4.78, 5) is 12.6. The van der Waals surface area contributed by atoms with Gasteiger partial charge in [0.1, 0.15) is 0 Å². The van der Waals surface area contributed by atoms with Gasteiger partial charge in [0.2, 0.25) is 0 Å². The Morgan fingerprint density at radius 1 is 1.55 bits per heavy atom. The van der Waals surface area contributed by atoms with Gasteiger partial charge in [-0.25, -0.2) is 9.89 Å². The van der Waals surface area contributed by atoms with Crippen LogP contribution in [0.2, 0.25) is 0 Å². The van der Waals surface area contributed by atoms with E-state index in [0.29, 0.717) is 11.7 Å². The summed E-state index contributed by atoms with van der Waals surface area (Å²) >= 11 is 4.90. The van der Waals surface area contributed by atoms with Crippen molar-refractivity contribution in [1.82, 2.24) is 14.8 Å². The average Bonchev–Trinajstić information content (AvgIpc) is 2.74. The summed E-state index contributed by atoms with van der Waals surface area (Å²) in [5.41, 5.74) is 0.653. The highest BCUT2D eigenvalue weighted by Crippen LogP contribution is 2.33. The monoisotopic (exact) mass is 357 g/mol. The number of nitrogens with zero attached hydrogens (tertiary/aromatic N) is 2. The smallest absolute Gasteiger partial charge is 0.343 e. The Labute approximate surface area is 129 Å². The zero-order valence-corrected chi connectivity index (χ0v) is 13.7. The summed E-state index contributed by atoms with van der Waals surface area (Å²) < 4.78 is 2.50. The average molecular weight is 358 g/mol. The quantitative estimate of drug-likeness (QED) is 0.862. The van der Waals surface area contributed by atoms with E-state index in [1.54, 1.807) is 11.5 Å². The van der Waals surface area contributed by atoms with Crippen LogP contribution in [0, 0.1) is 0 Å². The lowest BCUT2D eigenvalue weighted by molar-refractivity contribution is 0.199. The topological polar surface area (TPSA) is 70.9 Å². The van der Waals surface area contributed by atoms with Crippen molar-refractivity contribution in [3.8, 4) is 0 Å². The Morgan fingerprint density at radius 2 is 2.30 bits per heavy atom. The van der Waals surface area contributed by atoms with Crippen LogP contribution in [0.3, 0.4) is 0 Å². The van der Waals surface area contributed by atoms with Crippen LogP contribution in [0.1, 0.15) is 31.9 Å². The van der Waals surface area contributed by atoms with Gasteiger partial charge in [0.25, 0.3) is 0 Å². The summed E-state index contributed by atoms with van der Waals surface area (Å²) in [6, 6.07) is 5.65. The molecule has 0 bridgehead atoms. The third-order valence-corrected chi connectivity index (χ3v) is 4.80. The predicted octanol–water partition coefficient (Wildman–Crippen LogP) is 2.95. The summed E-state index contributed by atoms with van der Waals surface area (Å²) in [6.45, 7) is 4.38. The van der Waals surface area contributed by atoms with Crippen molar-refractivity contribution in [2.45, 2.75) is 43.0 Å². The molecule has 20 heavy (non-hydrogen) atoms. The van der Waals surface area contributed by atoms with Gasteiger partial charge in [-0.3, -0.25) is 4.57 Å². The summed E-state index contributed by atoms with van der Waals surface area (Å²) in [5.74, 6) is 0. The lowest BCUT2D eigenvalue weighted by atomic mass is 10.1. The van der Waals surface area contributed by atoms with E-state index < -0.39 is 6.10 Å². The Bertz CT molecular complexity index is 651. The number of hydrogen-bond acceptors (Lipinski definition) is 4. The summed E-state index contributed by atoms with van der Waals surface area (Å²) in [6.07, 6.45) is 0.365. The molecule has 0 aliphatic rings. The number of aromatic nitrogens is 3. The number of aromatic amines is 1. The normalized spacial score (nSPS) is 12.6. The molecule has 7 heteroatoms. The van der Waals surface area contributed by atoms with Crippen LogP contribution >= 0.6 is 27.7 Å². The highest BCUT2D eigenvalue weighted by molar-refractivity contribution is 9.10. The lowest BCUT2D eigenvalue weighted by Crippen LogP contribution is -2.17. The molecule has 1 aromatic carbocycles. The molecule has 0 saturated carbocycles. The molecule has 1 atom stereocenters. The minimum absolute atomic E-state index is 0.189. The van der Waals surface area contributed by atoms with Crippen LogP contribution in [0.4, 0.5) is 0 Å². The van der Waals surface area contributed by atoms with E-state index >= 15 is 0 Å². The SMILES string of the molecule is CCCn1c(Sc2ccc([C@@H](C)O)cc2Br)n[nH]c1=O. The van der Waals surface area contributed by atoms with E-state index in [9.17, 15) is 9.90 Å². The number of aliphatic hydroxyl groups excluding tert-OH is 1. The molecular formula is C13H16BrN3O2S. The number of halogens is 1. The van der Waals surface area contributed by atoms with Crippen molar-refractivity contribution < 1.29 is 5.11 Å². The second-order valence-corrected chi connectivity index (χ2v) is 6.29. The van der Waals surface area contributed by atoms with Crippen LogP contribution in [0.25, 0.3) is 0 Å². The first-order valence-electron chi connectivity index (χ1n) is 6.33. The van der Waals surface area contributed by atoms with Gasteiger partial charge in [0, 0.05) is 15.9 Å². The van der Waals surface area contributed by atoms with Gasteiger partial charge in [-0.05, 0) is 58.7 Å². The van der Waals surface area contributed by atoms with E-state index in [-0.39, 0.29) is 5.69 Å². The first-order valence-corrected chi connectivity index (χ1v) is 7.94. The van der Waals surface area contributed by atoms with Gasteiger partial charge in [-0.1, -0.05) is 13.0 Å². The minimum atomic E-state index is -0.506. The molecule has 2 rings (SSSR count). The predicted molar refractivity (Wildman–Crippen MR) is 82.0 cm³/mol. The minimum Gasteiger partial charge on any atom is -0.389 e. The van der Waals surface area contributed by atoms with Crippen molar-refractivity contribution >= 4 is 27.7 Å². The molecule has 0 aliphatic carbocycles. The van der Waals surface area contributed by atoms with Gasteiger partial charge in [0.15, 0.2) is 5.16 Å². The van der Waals surface area contributed by atoms with E-state index in [2.05, 4.69) is 26.1 Å². The van der Waals surface area contributed by atoms with Gasteiger partial charge in [-0.15, -0.1) is 5.10 Å². The molecule has 0 amide bonds. The molecule has 0 radical (unpaired) electrons. The van der Waals surface area contributed by atoms with E-state index in [1.807, 2.05) is 25.1 Å². The molecule has 0 aliphatic heterocycles. The zero-order chi connectivity index (χ0) is 14.7. The molecule has 0 fully saturated rings. The Morgan fingerprint density at radius 3 is 2.90 bits per heavy atom. The van der Waals surface area contributed by atoms with Crippen molar-refractivity contribution in [2.24, 2.45) is 0 Å². The van der Waals surface area contributed by atoms with Gasteiger partial charge in [-0.2, -0.15) is 0 Å². The fourth-order valence-electron chi connectivity index (χ4n) is 1.76. The molecular weight excluding hydrogens is 342 g/mol. The number of hydrogen-bond donors (Lipinski definition) is 2. The number of nitrogens with one attached hydrogen (secondary N) is 1.